The predicted molar refractivity (Wildman–Crippen MR) is 80.8 cm³/mol. The van der Waals surface area contributed by atoms with E-state index in [1.807, 2.05) is 19.3 Å². The van der Waals surface area contributed by atoms with Gasteiger partial charge in [-0.1, -0.05) is 6.07 Å². The Morgan fingerprint density at radius 3 is 2.95 bits per heavy atom. The SMILES string of the molecule is Cc1nccn1-c1ccc(C2CCCNC2)cc1Br. The van der Waals surface area contributed by atoms with E-state index in [0.29, 0.717) is 5.92 Å². The molecule has 3 rings (SSSR count). The Balaban J connectivity index is 1.91. The summed E-state index contributed by atoms with van der Waals surface area (Å²) in [7, 11) is 0. The van der Waals surface area contributed by atoms with Crippen LogP contribution in [0, 0.1) is 6.92 Å². The second-order valence-corrected chi connectivity index (χ2v) is 5.95. The summed E-state index contributed by atoms with van der Waals surface area (Å²) in [6, 6.07) is 6.69. The van der Waals surface area contributed by atoms with Crippen molar-refractivity contribution in [1.29, 1.82) is 0 Å². The zero-order valence-electron chi connectivity index (χ0n) is 11.1. The number of nitrogens with one attached hydrogen (secondary N) is 1. The molecular weight excluding hydrogens is 302 g/mol. The number of piperidine rings is 1. The van der Waals surface area contributed by atoms with Crippen LogP contribution in [0.25, 0.3) is 5.69 Å². The van der Waals surface area contributed by atoms with Crippen molar-refractivity contribution >= 4 is 15.9 Å². The maximum absolute atomic E-state index is 4.28. The van der Waals surface area contributed by atoms with Gasteiger partial charge in [0.2, 0.25) is 0 Å². The lowest BCUT2D eigenvalue weighted by Crippen LogP contribution is -2.28. The van der Waals surface area contributed by atoms with Crippen LogP contribution in [-0.2, 0) is 0 Å². The van der Waals surface area contributed by atoms with Crippen molar-refractivity contribution in [2.75, 3.05) is 13.1 Å². The van der Waals surface area contributed by atoms with Gasteiger partial charge in [-0.25, -0.2) is 4.98 Å². The third kappa shape index (κ3) is 2.60. The number of nitrogens with zero attached hydrogens (tertiary/aromatic N) is 2. The molecule has 0 amide bonds. The van der Waals surface area contributed by atoms with Crippen molar-refractivity contribution < 1.29 is 0 Å². The second kappa shape index (κ2) is 5.47. The summed E-state index contributed by atoms with van der Waals surface area (Å²) in [5, 5.41) is 3.47. The van der Waals surface area contributed by atoms with E-state index >= 15 is 0 Å². The van der Waals surface area contributed by atoms with Crippen LogP contribution >= 0.6 is 15.9 Å². The summed E-state index contributed by atoms with van der Waals surface area (Å²) in [4.78, 5) is 4.28. The van der Waals surface area contributed by atoms with Gasteiger partial charge in [0.1, 0.15) is 5.82 Å². The summed E-state index contributed by atoms with van der Waals surface area (Å²) in [5.74, 6) is 1.65. The van der Waals surface area contributed by atoms with Crippen LogP contribution in [-0.4, -0.2) is 22.6 Å². The Labute approximate surface area is 122 Å². The van der Waals surface area contributed by atoms with E-state index in [-0.39, 0.29) is 0 Å². The number of benzene rings is 1. The first kappa shape index (κ1) is 12.9. The highest BCUT2D eigenvalue weighted by atomic mass is 79.9. The third-order valence-electron chi connectivity index (χ3n) is 3.83. The van der Waals surface area contributed by atoms with E-state index in [9.17, 15) is 0 Å². The lowest BCUT2D eigenvalue weighted by Gasteiger charge is -2.23. The van der Waals surface area contributed by atoms with Crippen LogP contribution in [0.4, 0.5) is 0 Å². The quantitative estimate of drug-likeness (QED) is 0.919. The molecule has 1 aromatic heterocycles. The van der Waals surface area contributed by atoms with Crippen molar-refractivity contribution in [2.45, 2.75) is 25.7 Å². The highest BCUT2D eigenvalue weighted by molar-refractivity contribution is 9.10. The Morgan fingerprint density at radius 2 is 2.32 bits per heavy atom. The topological polar surface area (TPSA) is 29.9 Å². The molecule has 1 N–H and O–H groups in total. The van der Waals surface area contributed by atoms with Crippen LogP contribution < -0.4 is 5.32 Å². The van der Waals surface area contributed by atoms with Crippen LogP contribution in [0.2, 0.25) is 0 Å². The predicted octanol–water partition coefficient (Wildman–Crippen LogP) is 3.41. The van der Waals surface area contributed by atoms with Crippen molar-refractivity contribution in [1.82, 2.24) is 14.9 Å². The maximum Gasteiger partial charge on any atom is 0.110 e. The van der Waals surface area contributed by atoms with E-state index in [4.69, 9.17) is 0 Å². The summed E-state index contributed by atoms with van der Waals surface area (Å²) in [5.41, 5.74) is 2.57. The minimum Gasteiger partial charge on any atom is -0.316 e. The van der Waals surface area contributed by atoms with Gasteiger partial charge >= 0.3 is 0 Å². The highest BCUT2D eigenvalue weighted by Gasteiger charge is 2.16. The lowest BCUT2D eigenvalue weighted by molar-refractivity contribution is 0.461. The number of hydrogen-bond acceptors (Lipinski definition) is 2. The largest absolute Gasteiger partial charge is 0.316 e. The summed E-state index contributed by atoms with van der Waals surface area (Å²) in [6.07, 6.45) is 6.38. The molecule has 1 saturated heterocycles. The van der Waals surface area contributed by atoms with Crippen LogP contribution in [0.5, 0.6) is 0 Å². The van der Waals surface area contributed by atoms with Gasteiger partial charge in [0.25, 0.3) is 0 Å². The molecule has 1 aliphatic heterocycles. The van der Waals surface area contributed by atoms with Gasteiger partial charge in [-0.15, -0.1) is 0 Å². The Hall–Kier alpha value is -1.13. The smallest absolute Gasteiger partial charge is 0.110 e. The Kier molecular flexibility index (Phi) is 3.71. The first-order chi connectivity index (χ1) is 9.25. The average molecular weight is 320 g/mol. The van der Waals surface area contributed by atoms with Crippen LogP contribution in [0.15, 0.2) is 35.1 Å². The number of imidazole rings is 1. The van der Waals surface area contributed by atoms with Crippen LogP contribution in [0.3, 0.4) is 0 Å². The van der Waals surface area contributed by atoms with E-state index in [2.05, 4.69) is 49.0 Å². The van der Waals surface area contributed by atoms with Gasteiger partial charge in [0.15, 0.2) is 0 Å². The van der Waals surface area contributed by atoms with Gasteiger partial charge in [-0.3, -0.25) is 0 Å². The Bertz CT molecular complexity index is 571. The van der Waals surface area contributed by atoms with Crippen LogP contribution in [0.1, 0.15) is 30.1 Å². The molecule has 3 nitrogen and oxygen atoms in total. The average Bonchev–Trinajstić information content (AvgIpc) is 2.86. The van der Waals surface area contributed by atoms with Gasteiger partial charge in [-0.05, 0) is 65.9 Å². The minimum absolute atomic E-state index is 0.642. The highest BCUT2D eigenvalue weighted by Crippen LogP contribution is 2.29. The van der Waals surface area contributed by atoms with Gasteiger partial charge in [-0.2, -0.15) is 0 Å². The molecule has 0 spiro atoms. The fraction of sp³-hybridized carbons (Fsp3) is 0.400. The molecule has 4 heteroatoms. The van der Waals surface area contributed by atoms with Crippen molar-refractivity contribution in [3.63, 3.8) is 0 Å². The molecule has 0 aliphatic carbocycles. The molecule has 1 atom stereocenters. The third-order valence-corrected chi connectivity index (χ3v) is 4.46. The number of halogens is 1. The molecule has 1 aromatic carbocycles. The molecule has 0 radical (unpaired) electrons. The van der Waals surface area contributed by atoms with Gasteiger partial charge in [0.05, 0.1) is 5.69 Å². The van der Waals surface area contributed by atoms with Crippen molar-refractivity contribution in [3.8, 4) is 5.69 Å². The summed E-state index contributed by atoms with van der Waals surface area (Å²) in [6.45, 7) is 4.27. The number of aryl methyl sites for hydroxylation is 1. The first-order valence-electron chi connectivity index (χ1n) is 6.76. The molecule has 19 heavy (non-hydrogen) atoms. The molecular formula is C15H18BrN3. The molecule has 2 aromatic rings. The molecule has 100 valence electrons. The fourth-order valence-electron chi connectivity index (χ4n) is 2.74. The van der Waals surface area contributed by atoms with E-state index in [1.54, 1.807) is 0 Å². The Morgan fingerprint density at radius 1 is 1.42 bits per heavy atom. The maximum atomic E-state index is 4.28. The molecule has 1 unspecified atom stereocenters. The minimum atomic E-state index is 0.642. The van der Waals surface area contributed by atoms with E-state index in [0.717, 1.165) is 29.1 Å². The number of hydrogen-bond donors (Lipinski definition) is 1. The second-order valence-electron chi connectivity index (χ2n) is 5.10. The van der Waals surface area contributed by atoms with Gasteiger partial charge < -0.3 is 9.88 Å². The van der Waals surface area contributed by atoms with E-state index in [1.165, 1.54) is 18.4 Å². The summed E-state index contributed by atoms with van der Waals surface area (Å²) < 4.78 is 3.24. The fourth-order valence-corrected chi connectivity index (χ4v) is 3.33. The zero-order chi connectivity index (χ0) is 13.2. The molecule has 1 fully saturated rings. The standard InChI is InChI=1S/C15H18BrN3/c1-11-18-7-8-19(11)15-5-4-12(9-14(15)16)13-3-2-6-17-10-13/h4-5,7-9,13,17H,2-3,6,10H2,1H3. The molecule has 2 heterocycles. The zero-order valence-corrected chi connectivity index (χ0v) is 12.7. The van der Waals surface area contributed by atoms with Gasteiger partial charge in [0, 0.05) is 23.4 Å². The number of rotatable bonds is 2. The molecule has 1 aliphatic rings. The molecule has 0 saturated carbocycles. The lowest BCUT2D eigenvalue weighted by atomic mass is 9.91. The first-order valence-corrected chi connectivity index (χ1v) is 7.55. The normalized spacial score (nSPS) is 19.6. The van der Waals surface area contributed by atoms with E-state index < -0.39 is 0 Å². The monoisotopic (exact) mass is 319 g/mol. The van der Waals surface area contributed by atoms with Crippen molar-refractivity contribution in [2.24, 2.45) is 0 Å². The number of aromatic nitrogens is 2. The molecule has 0 bridgehead atoms. The van der Waals surface area contributed by atoms with Crippen molar-refractivity contribution in [3.05, 3.63) is 46.5 Å². The summed E-state index contributed by atoms with van der Waals surface area (Å²) >= 11 is 3.70.